The van der Waals surface area contributed by atoms with Crippen LogP contribution in [0.25, 0.3) is 33.2 Å². The van der Waals surface area contributed by atoms with Gasteiger partial charge in [0.15, 0.2) is 0 Å². The van der Waals surface area contributed by atoms with Crippen LogP contribution in [-0.4, -0.2) is 27.3 Å². The van der Waals surface area contributed by atoms with Crippen LogP contribution < -0.4 is 4.72 Å². The van der Waals surface area contributed by atoms with E-state index in [0.29, 0.717) is 33.2 Å². The van der Waals surface area contributed by atoms with Crippen molar-refractivity contribution >= 4 is 37.6 Å². The number of alkyl halides is 3. The van der Waals surface area contributed by atoms with Crippen LogP contribution in [0, 0.1) is 0 Å². The van der Waals surface area contributed by atoms with Crippen molar-refractivity contribution in [2.75, 3.05) is 4.72 Å². The van der Waals surface area contributed by atoms with E-state index in [0.717, 1.165) is 23.7 Å². The first kappa shape index (κ1) is 23.0. The fourth-order valence-corrected chi connectivity index (χ4v) is 5.54. The normalized spacial score (nSPS) is 12.2. The molecule has 0 unspecified atom stereocenters. The van der Waals surface area contributed by atoms with Gasteiger partial charge < -0.3 is 4.57 Å². The summed E-state index contributed by atoms with van der Waals surface area (Å²) in [6.07, 6.45) is 1.56. The van der Waals surface area contributed by atoms with Crippen molar-refractivity contribution < 1.29 is 21.6 Å². The van der Waals surface area contributed by atoms with Crippen LogP contribution >= 0.6 is 11.5 Å². The molecule has 0 bridgehead atoms. The van der Waals surface area contributed by atoms with Gasteiger partial charge in [-0.2, -0.15) is 17.5 Å². The van der Waals surface area contributed by atoms with Gasteiger partial charge in [-0.25, -0.2) is 13.4 Å². The summed E-state index contributed by atoms with van der Waals surface area (Å²) in [6.45, 7) is 0. The summed E-state index contributed by atoms with van der Waals surface area (Å²) < 4.78 is 74.0. The average Bonchev–Trinajstić information content (AvgIpc) is 3.45. The number of sulfonamides is 1. The molecule has 2 aromatic carbocycles. The van der Waals surface area contributed by atoms with E-state index in [1.807, 2.05) is 0 Å². The summed E-state index contributed by atoms with van der Waals surface area (Å²) in [6, 6.07) is 11.5. The molecule has 12 heteroatoms. The van der Waals surface area contributed by atoms with Crippen LogP contribution in [-0.2, 0) is 23.2 Å². The third kappa shape index (κ3) is 4.37. The molecule has 0 saturated heterocycles. The molecule has 178 valence electrons. The Labute approximate surface area is 202 Å². The van der Waals surface area contributed by atoms with Crippen LogP contribution in [0.4, 0.5) is 18.3 Å². The van der Waals surface area contributed by atoms with E-state index in [9.17, 15) is 21.6 Å². The highest BCUT2D eigenvalue weighted by Crippen LogP contribution is 2.41. The monoisotopic (exact) mass is 515 g/mol. The van der Waals surface area contributed by atoms with Crippen molar-refractivity contribution in [1.82, 2.24) is 18.9 Å². The van der Waals surface area contributed by atoms with Gasteiger partial charge in [-0.05, 0) is 53.1 Å². The van der Waals surface area contributed by atoms with E-state index in [1.165, 1.54) is 36.9 Å². The number of fused-ring (bicyclic) bond motifs is 1. The molecular formula is C23H16F3N5O2S2. The van der Waals surface area contributed by atoms with Gasteiger partial charge in [0.25, 0.3) is 10.0 Å². The second-order valence-corrected chi connectivity index (χ2v) is 10.1. The number of aromatic nitrogens is 4. The Morgan fingerprint density at radius 2 is 1.74 bits per heavy atom. The van der Waals surface area contributed by atoms with Crippen LogP contribution in [0.3, 0.4) is 0 Å². The highest BCUT2D eigenvalue weighted by atomic mass is 32.2. The van der Waals surface area contributed by atoms with Gasteiger partial charge >= 0.3 is 6.18 Å². The Bertz CT molecular complexity index is 1630. The summed E-state index contributed by atoms with van der Waals surface area (Å²) in [5.41, 5.74) is 2.06. The lowest BCUT2D eigenvalue weighted by Crippen LogP contribution is -2.12. The van der Waals surface area contributed by atoms with Crippen molar-refractivity contribution in [2.24, 2.45) is 7.05 Å². The van der Waals surface area contributed by atoms with Gasteiger partial charge in [-0.1, -0.05) is 12.1 Å². The molecule has 0 aliphatic heterocycles. The maximum Gasteiger partial charge on any atom is 0.416 e. The maximum atomic E-state index is 13.5. The first-order valence-electron chi connectivity index (χ1n) is 10.1. The average molecular weight is 516 g/mol. The molecule has 1 N–H and O–H groups in total. The molecule has 35 heavy (non-hydrogen) atoms. The molecule has 0 aliphatic rings. The fraction of sp³-hybridized carbons (Fsp3) is 0.0870. The van der Waals surface area contributed by atoms with Crippen LogP contribution in [0.5, 0.6) is 0 Å². The summed E-state index contributed by atoms with van der Waals surface area (Å²) in [7, 11) is -2.16. The smallest absolute Gasteiger partial charge is 0.350 e. The summed E-state index contributed by atoms with van der Waals surface area (Å²) in [5, 5.41) is 0.835. The topological polar surface area (TPSA) is 89.8 Å². The van der Waals surface area contributed by atoms with Gasteiger partial charge in [-0.15, -0.1) is 0 Å². The van der Waals surface area contributed by atoms with Gasteiger partial charge in [0.2, 0.25) is 5.13 Å². The van der Waals surface area contributed by atoms with Crippen molar-refractivity contribution in [3.63, 3.8) is 0 Å². The first-order valence-corrected chi connectivity index (χ1v) is 12.4. The molecule has 5 rings (SSSR count). The van der Waals surface area contributed by atoms with Gasteiger partial charge in [-0.3, -0.25) is 9.71 Å². The van der Waals surface area contributed by atoms with Crippen molar-refractivity contribution in [2.45, 2.75) is 11.1 Å². The van der Waals surface area contributed by atoms with Crippen molar-refractivity contribution in [1.29, 1.82) is 0 Å². The van der Waals surface area contributed by atoms with Gasteiger partial charge in [0.1, 0.15) is 6.33 Å². The molecule has 7 nitrogen and oxygen atoms in total. The largest absolute Gasteiger partial charge is 0.416 e. The quantitative estimate of drug-likeness (QED) is 0.330. The third-order valence-corrected chi connectivity index (χ3v) is 7.53. The SMILES string of the molecule is Cn1cc(-c2ccc(C(F)(F)F)cc2-c2ccncc2)c2ccc(S(=O)(=O)Nc3ncns3)cc21. The summed E-state index contributed by atoms with van der Waals surface area (Å²) in [4.78, 5) is 7.82. The number of nitrogens with zero attached hydrogens (tertiary/aromatic N) is 4. The molecule has 0 amide bonds. The van der Waals surface area contributed by atoms with Crippen LogP contribution in [0.2, 0.25) is 0 Å². The van der Waals surface area contributed by atoms with E-state index < -0.39 is 21.8 Å². The number of hydrogen-bond donors (Lipinski definition) is 1. The zero-order valence-electron chi connectivity index (χ0n) is 18.0. The molecule has 0 spiro atoms. The zero-order chi connectivity index (χ0) is 24.8. The predicted molar refractivity (Wildman–Crippen MR) is 127 cm³/mol. The Hall–Kier alpha value is -3.77. The first-order chi connectivity index (χ1) is 16.6. The number of hydrogen-bond acceptors (Lipinski definition) is 6. The Balaban J connectivity index is 1.66. The molecular weight excluding hydrogens is 499 g/mol. The number of rotatable bonds is 5. The van der Waals surface area contributed by atoms with Crippen LogP contribution in [0.15, 0.2) is 78.3 Å². The fourth-order valence-electron chi connectivity index (χ4n) is 3.86. The number of anilines is 1. The van der Waals surface area contributed by atoms with E-state index in [1.54, 1.807) is 36.0 Å². The lowest BCUT2D eigenvalue weighted by Gasteiger charge is -2.14. The number of halogens is 3. The standard InChI is InChI=1S/C23H16F3N5O2S2/c1-31-12-20(17-4-2-15(23(24,25)26)10-19(17)14-6-8-27-9-7-14)18-5-3-16(11-21(18)31)35(32,33)30-22-28-13-29-34-22/h2-13H,1H3,(H,28,29,30). The molecule has 0 aliphatic carbocycles. The summed E-state index contributed by atoms with van der Waals surface area (Å²) in [5.74, 6) is 0. The van der Waals surface area contributed by atoms with Crippen LogP contribution in [0.1, 0.15) is 5.56 Å². The highest BCUT2D eigenvalue weighted by Gasteiger charge is 2.31. The molecule has 0 fully saturated rings. The van der Waals surface area contributed by atoms with E-state index in [2.05, 4.69) is 19.1 Å². The second-order valence-electron chi connectivity index (χ2n) is 7.68. The van der Waals surface area contributed by atoms with Gasteiger partial charge in [0.05, 0.1) is 10.5 Å². The lowest BCUT2D eigenvalue weighted by atomic mass is 9.93. The summed E-state index contributed by atoms with van der Waals surface area (Å²) >= 11 is 0.914. The van der Waals surface area contributed by atoms with Gasteiger partial charge in [0, 0.05) is 53.6 Å². The minimum atomic E-state index is -4.50. The number of aryl methyl sites for hydroxylation is 1. The Morgan fingerprint density at radius 1 is 0.971 bits per heavy atom. The van der Waals surface area contributed by atoms with Crippen molar-refractivity contribution in [3.8, 4) is 22.3 Å². The highest BCUT2D eigenvalue weighted by molar-refractivity contribution is 7.93. The number of pyridine rings is 1. The minimum absolute atomic E-state index is 0.0229. The molecule has 3 heterocycles. The molecule has 0 radical (unpaired) electrons. The lowest BCUT2D eigenvalue weighted by molar-refractivity contribution is -0.137. The van der Waals surface area contributed by atoms with Crippen molar-refractivity contribution in [3.05, 3.63) is 79.0 Å². The van der Waals surface area contributed by atoms with E-state index >= 15 is 0 Å². The molecule has 0 atom stereocenters. The van der Waals surface area contributed by atoms with E-state index in [4.69, 9.17) is 0 Å². The maximum absolute atomic E-state index is 13.5. The Kier molecular flexibility index (Phi) is 5.56. The molecule has 5 aromatic rings. The predicted octanol–water partition coefficient (Wildman–Crippen LogP) is 5.58. The minimum Gasteiger partial charge on any atom is -0.350 e. The Morgan fingerprint density at radius 3 is 2.43 bits per heavy atom. The second kappa shape index (κ2) is 8.47. The molecule has 3 aromatic heterocycles. The molecule has 0 saturated carbocycles. The van der Waals surface area contributed by atoms with E-state index in [-0.39, 0.29) is 10.0 Å². The number of nitrogens with one attached hydrogen (secondary N) is 1. The third-order valence-electron chi connectivity index (χ3n) is 5.48. The zero-order valence-corrected chi connectivity index (χ0v) is 19.6. The number of benzene rings is 2.